The van der Waals surface area contributed by atoms with Crippen LogP contribution in [0.1, 0.15) is 40.5 Å². The number of hydrogen-bond acceptors (Lipinski definition) is 7. The van der Waals surface area contributed by atoms with Crippen LogP contribution in [0.4, 0.5) is 0 Å². The maximum Gasteiger partial charge on any atom is 0.186 e. The van der Waals surface area contributed by atoms with Gasteiger partial charge < -0.3 is 33.5 Å². The fourth-order valence-electron chi connectivity index (χ4n) is 5.38. The van der Waals surface area contributed by atoms with E-state index in [1.807, 2.05) is 19.1 Å². The summed E-state index contributed by atoms with van der Waals surface area (Å²) in [5.41, 5.74) is 0.988. The van der Waals surface area contributed by atoms with E-state index in [2.05, 4.69) is 26.8 Å². The highest BCUT2D eigenvalue weighted by molar-refractivity contribution is 5.19. The van der Waals surface area contributed by atoms with Gasteiger partial charge in [-0.25, -0.2) is 0 Å². The first-order chi connectivity index (χ1) is 15.8. The molecule has 2 aliphatic rings. The summed E-state index contributed by atoms with van der Waals surface area (Å²) >= 11 is 0. The van der Waals surface area contributed by atoms with Gasteiger partial charge >= 0.3 is 0 Å². The number of ether oxygens (including phenoxy) is 6. The van der Waals surface area contributed by atoms with Crippen LogP contribution in [-0.2, 0) is 28.4 Å². The molecule has 0 spiro atoms. The van der Waals surface area contributed by atoms with Gasteiger partial charge in [-0.05, 0) is 43.1 Å². The van der Waals surface area contributed by atoms with Crippen LogP contribution < -0.4 is 0 Å². The summed E-state index contributed by atoms with van der Waals surface area (Å²) in [7, 11) is 8.27. The number of hydrogen-bond donors (Lipinski definition) is 1. The highest BCUT2D eigenvalue weighted by Crippen LogP contribution is 2.49. The molecule has 1 saturated carbocycles. The van der Waals surface area contributed by atoms with Crippen LogP contribution in [0.15, 0.2) is 23.8 Å². The number of methoxy groups -OCH3 is 5. The Labute approximate surface area is 200 Å². The van der Waals surface area contributed by atoms with E-state index in [4.69, 9.17) is 28.4 Å². The van der Waals surface area contributed by atoms with E-state index in [1.165, 1.54) is 0 Å². The molecule has 0 aromatic rings. The molecule has 7 heteroatoms. The minimum Gasteiger partial charge on any atom is -0.392 e. The quantitative estimate of drug-likeness (QED) is 0.412. The standard InChI is InChI=1S/C26H46O7/c1-10-20(28-5)17(4)18-14-19(18)21(27)15(2)12-11-13-16(3)22-23(29-6)24(30-7)25(31-8)26(32-9)33-22/h11-13,15,17-27H,10,14H2,1-9H3/b12-11+,16-13+/t15-,17-,18+,19-,20-,21+,22+,23+,24-,25+,26+/m0/s1. The molecule has 0 amide bonds. The van der Waals surface area contributed by atoms with Gasteiger partial charge in [0, 0.05) is 41.5 Å². The molecule has 1 aliphatic heterocycles. The Hall–Kier alpha value is -0.800. The average Bonchev–Trinajstić information content (AvgIpc) is 3.63. The lowest BCUT2D eigenvalue weighted by Crippen LogP contribution is -2.60. The summed E-state index contributed by atoms with van der Waals surface area (Å²) < 4.78 is 34.2. The van der Waals surface area contributed by atoms with Crippen molar-refractivity contribution >= 4 is 0 Å². The van der Waals surface area contributed by atoms with Gasteiger partial charge in [0.15, 0.2) is 6.29 Å². The molecule has 0 bridgehead atoms. The van der Waals surface area contributed by atoms with Crippen LogP contribution in [0.2, 0.25) is 0 Å². The normalized spacial score (nSPS) is 36.5. The lowest BCUT2D eigenvalue weighted by atomic mass is 9.91. The van der Waals surface area contributed by atoms with Crippen LogP contribution in [0.5, 0.6) is 0 Å². The minimum atomic E-state index is -0.558. The molecular weight excluding hydrogens is 424 g/mol. The average molecular weight is 471 g/mol. The van der Waals surface area contributed by atoms with Crippen molar-refractivity contribution in [2.75, 3.05) is 35.5 Å². The summed E-state index contributed by atoms with van der Waals surface area (Å²) in [4.78, 5) is 0. The van der Waals surface area contributed by atoms with Gasteiger partial charge in [-0.2, -0.15) is 0 Å². The van der Waals surface area contributed by atoms with E-state index in [0.29, 0.717) is 17.8 Å². The molecule has 1 heterocycles. The molecule has 1 saturated heterocycles. The first kappa shape index (κ1) is 28.4. The molecule has 11 atom stereocenters. The Kier molecular flexibility index (Phi) is 11.5. The van der Waals surface area contributed by atoms with Crippen molar-refractivity contribution < 1.29 is 33.5 Å². The molecule has 0 aromatic carbocycles. The number of rotatable bonds is 13. The molecule has 0 radical (unpaired) electrons. The number of aliphatic hydroxyl groups is 1. The van der Waals surface area contributed by atoms with Crippen LogP contribution in [0, 0.1) is 23.7 Å². The zero-order valence-corrected chi connectivity index (χ0v) is 21.9. The molecule has 192 valence electrons. The second-order valence-corrected chi connectivity index (χ2v) is 9.51. The first-order valence-corrected chi connectivity index (χ1v) is 12.1. The van der Waals surface area contributed by atoms with Gasteiger partial charge in [0.05, 0.1) is 12.2 Å². The summed E-state index contributed by atoms with van der Waals surface area (Å²) in [6, 6.07) is 0. The second-order valence-electron chi connectivity index (χ2n) is 9.51. The van der Waals surface area contributed by atoms with Crippen molar-refractivity contribution in [3.05, 3.63) is 23.8 Å². The Morgan fingerprint density at radius 2 is 1.61 bits per heavy atom. The topological polar surface area (TPSA) is 75.6 Å². The van der Waals surface area contributed by atoms with Crippen molar-refractivity contribution in [2.45, 2.75) is 83.5 Å². The summed E-state index contributed by atoms with van der Waals surface area (Å²) in [6.45, 7) is 8.47. The third-order valence-corrected chi connectivity index (χ3v) is 7.60. The SMILES string of the molecule is CC[C@H](OC)[C@@H](C)[C@H]1C[C@@H]1[C@H](O)[C@@H](C)/C=C/C=C(\C)[C@H]1O[C@@H](OC)[C@H](OC)[C@@H](OC)[C@@H]1OC. The molecule has 2 rings (SSSR count). The van der Waals surface area contributed by atoms with E-state index in [1.54, 1.807) is 35.5 Å². The van der Waals surface area contributed by atoms with Gasteiger partial charge in [0.1, 0.15) is 24.4 Å². The van der Waals surface area contributed by atoms with Gasteiger partial charge in [-0.1, -0.05) is 39.0 Å². The fraction of sp³-hybridized carbons (Fsp3) is 0.846. The smallest absolute Gasteiger partial charge is 0.186 e. The van der Waals surface area contributed by atoms with Gasteiger partial charge in [-0.15, -0.1) is 0 Å². The first-order valence-electron chi connectivity index (χ1n) is 12.1. The zero-order chi connectivity index (χ0) is 24.7. The largest absolute Gasteiger partial charge is 0.392 e. The third-order valence-electron chi connectivity index (χ3n) is 7.60. The summed E-state index contributed by atoms with van der Waals surface area (Å²) in [6.07, 6.45) is 6.10. The summed E-state index contributed by atoms with van der Waals surface area (Å²) in [5.74, 6) is 1.39. The lowest BCUT2D eigenvalue weighted by molar-refractivity contribution is -0.295. The van der Waals surface area contributed by atoms with Gasteiger partial charge in [0.2, 0.25) is 0 Å². The summed E-state index contributed by atoms with van der Waals surface area (Å²) in [5, 5.41) is 10.9. The maximum absolute atomic E-state index is 10.9. The van der Waals surface area contributed by atoms with Crippen LogP contribution in [0.3, 0.4) is 0 Å². The highest BCUT2D eigenvalue weighted by atomic mass is 16.7. The molecule has 33 heavy (non-hydrogen) atoms. The monoisotopic (exact) mass is 470 g/mol. The predicted molar refractivity (Wildman–Crippen MR) is 128 cm³/mol. The molecule has 1 aliphatic carbocycles. The van der Waals surface area contributed by atoms with Crippen LogP contribution in [0.25, 0.3) is 0 Å². The molecular formula is C26H46O7. The fourth-order valence-corrected chi connectivity index (χ4v) is 5.38. The predicted octanol–water partition coefficient (Wildman–Crippen LogP) is 3.60. The van der Waals surface area contributed by atoms with Crippen LogP contribution in [-0.4, -0.2) is 83.6 Å². The van der Waals surface area contributed by atoms with E-state index in [9.17, 15) is 5.11 Å². The zero-order valence-electron chi connectivity index (χ0n) is 21.9. The van der Waals surface area contributed by atoms with Crippen molar-refractivity contribution in [3.63, 3.8) is 0 Å². The van der Waals surface area contributed by atoms with E-state index in [-0.39, 0.29) is 42.5 Å². The van der Waals surface area contributed by atoms with E-state index >= 15 is 0 Å². The number of aliphatic hydroxyl groups excluding tert-OH is 1. The van der Waals surface area contributed by atoms with Crippen molar-refractivity contribution in [3.8, 4) is 0 Å². The van der Waals surface area contributed by atoms with Gasteiger partial charge in [-0.3, -0.25) is 0 Å². The Morgan fingerprint density at radius 3 is 2.12 bits per heavy atom. The lowest BCUT2D eigenvalue weighted by Gasteiger charge is -2.44. The molecule has 7 nitrogen and oxygen atoms in total. The van der Waals surface area contributed by atoms with Crippen molar-refractivity contribution in [1.29, 1.82) is 0 Å². The Balaban J connectivity index is 2.02. The highest BCUT2D eigenvalue weighted by Gasteiger charge is 2.49. The molecule has 1 N–H and O–H groups in total. The Morgan fingerprint density at radius 1 is 0.970 bits per heavy atom. The minimum absolute atomic E-state index is 0.0562. The maximum atomic E-state index is 10.9. The van der Waals surface area contributed by atoms with Gasteiger partial charge in [0.25, 0.3) is 0 Å². The molecule has 0 aromatic heterocycles. The Bertz CT molecular complexity index is 632. The van der Waals surface area contributed by atoms with E-state index < -0.39 is 6.29 Å². The van der Waals surface area contributed by atoms with Crippen molar-refractivity contribution in [1.82, 2.24) is 0 Å². The molecule has 0 unspecified atom stereocenters. The third kappa shape index (κ3) is 6.66. The van der Waals surface area contributed by atoms with E-state index in [0.717, 1.165) is 18.4 Å². The van der Waals surface area contributed by atoms with Crippen LogP contribution >= 0.6 is 0 Å². The number of allylic oxidation sites excluding steroid dienone is 2. The van der Waals surface area contributed by atoms with Crippen molar-refractivity contribution in [2.24, 2.45) is 23.7 Å². The second kappa shape index (κ2) is 13.3. The molecule has 2 fully saturated rings.